The second-order valence-corrected chi connectivity index (χ2v) is 29.0. The summed E-state index contributed by atoms with van der Waals surface area (Å²) in [6, 6.07) is -11.9. The lowest BCUT2D eigenvalue weighted by atomic mass is 10.00. The Bertz CT molecular complexity index is 3590. The quantitative estimate of drug-likeness (QED) is 0.0184. The molecule has 43 heteroatoms. The smallest absolute Gasteiger partial charge is 0.326 e. The number of hydrogen-bond acceptors (Lipinski definition) is 26. The van der Waals surface area contributed by atoms with Crippen molar-refractivity contribution < 1.29 is 92.3 Å². The fourth-order valence-electron chi connectivity index (χ4n) is 11.6. The van der Waals surface area contributed by atoms with Gasteiger partial charge in [-0.1, -0.05) is 58.0 Å². The number of aliphatic hydroxyl groups excluding tert-OH is 3. The molecule has 0 fully saturated rings. The largest absolute Gasteiger partial charge is 0.480 e. The van der Waals surface area contributed by atoms with E-state index in [1.165, 1.54) is 32.0 Å². The summed E-state index contributed by atoms with van der Waals surface area (Å²) in [5, 5.41) is 75.6. The highest BCUT2D eigenvalue weighted by Gasteiger charge is 2.38. The molecule has 14 amide bonds. The minimum absolute atomic E-state index is 0.00883. The minimum atomic E-state index is -1.85. The average Bonchev–Trinajstić information content (AvgIpc) is 0.887. The molecule has 0 radical (unpaired) electrons. The molecule has 30 N–H and O–H groups in total. The molecule has 2 heterocycles. The Kier molecular flexibility index (Phi) is 47.0. The van der Waals surface area contributed by atoms with Crippen LogP contribution in [0.5, 0.6) is 0 Å². The number of hydrogen-bond donors (Lipinski definition) is 26. The number of H-pyrrole nitrogens is 2. The number of rotatable bonds is 58. The van der Waals surface area contributed by atoms with E-state index in [9.17, 15) is 92.3 Å². The molecule has 0 unspecified atom stereocenters. The average molecular weight is 1660 g/mol. The lowest BCUT2D eigenvalue weighted by molar-refractivity contribution is -0.142. The number of amides is 14. The fourth-order valence-corrected chi connectivity index (χ4v) is 11.8. The van der Waals surface area contributed by atoms with Gasteiger partial charge >= 0.3 is 5.97 Å². The lowest BCUT2D eigenvalue weighted by Crippen LogP contribution is -2.61. The van der Waals surface area contributed by atoms with Crippen molar-refractivity contribution in [3.05, 3.63) is 72.3 Å². The molecular weight excluding hydrogens is 1540 g/mol. The Labute approximate surface area is 678 Å². The van der Waals surface area contributed by atoms with E-state index in [-0.39, 0.29) is 82.7 Å². The van der Waals surface area contributed by atoms with Gasteiger partial charge in [-0.25, -0.2) is 14.8 Å². The van der Waals surface area contributed by atoms with E-state index < -0.39 is 206 Å². The van der Waals surface area contributed by atoms with Crippen LogP contribution in [0.4, 0.5) is 0 Å². The number of aliphatic carboxylic acids is 1. The van der Waals surface area contributed by atoms with E-state index in [4.69, 9.17) is 28.7 Å². The number of nitrogens with zero attached hydrogens (tertiary/aromatic N) is 2. The SMILES string of the molecule is CC(C)C[C@H](NC(=O)[C@H](Cc1ccccc1)NC(=O)[C@H](C)NC(=O)[C@H](CS)NC(=O)CNC(=O)[C@H](CO)NC(=O)[C@H](CO)NC(=O)[C@H](Cc1cnc[nH]1)NC(=O)[C@H](CCCCN)NC(=O)[C@H](CCCCN)NC(=O)[C@@H](N)Cc1cnc[nH]1)C(=O)N[C@@H](CO)C(=O)N[C@H](C(=O)N[C@@H](CCCCN)C(=O)N[C@@H](CCCCN)C(=O)O)C(C)C. The molecule has 0 aliphatic carbocycles. The molecule has 0 saturated heterocycles. The van der Waals surface area contributed by atoms with Crippen LogP contribution in [-0.2, 0) is 91.2 Å². The molecule has 1 aromatic carbocycles. The number of carbonyl (C=O) groups is 15. The number of unbranched alkanes of at least 4 members (excludes halogenated alkanes) is 4. The first kappa shape index (κ1) is 99.9. The van der Waals surface area contributed by atoms with Crippen molar-refractivity contribution in [3.8, 4) is 0 Å². The molecule has 0 spiro atoms. The van der Waals surface area contributed by atoms with Gasteiger partial charge in [0.2, 0.25) is 82.7 Å². The summed E-state index contributed by atoms with van der Waals surface area (Å²) < 4.78 is 0. The van der Waals surface area contributed by atoms with Gasteiger partial charge < -0.3 is 133 Å². The molecule has 42 nitrogen and oxygen atoms in total. The van der Waals surface area contributed by atoms with E-state index in [1.807, 2.05) is 0 Å². The first-order valence-corrected chi connectivity index (χ1v) is 39.3. The first-order chi connectivity index (χ1) is 55.3. The minimum Gasteiger partial charge on any atom is -0.480 e. The van der Waals surface area contributed by atoms with Gasteiger partial charge in [-0.05, 0) is 134 Å². The standard InChI is InChI=1S/C73H121N23O19S/c1-40(2)27-51(66(107)95-56(36-99)70(111)96-59(41(3)4)72(113)88-49(21-11-15-25-76)64(105)89-50(73(114)115)22-12-16-26-77)91-67(108)52(28-43-17-7-6-8-18-43)90-60(101)42(5)84-71(112)57(37-116)85-58(100)33-81-62(103)54(34-97)93-69(110)55(35-98)94-68(109)53(30-45-32-80-39-83-45)92-65(106)48(20-10-14-24-75)87-63(104)47(19-9-13-23-74)86-61(102)46(78)29-44-31-79-38-82-44/h6-8,17-18,31-32,38-42,46-57,59,97-99,116H,9-16,19-30,33-37,74-78H2,1-5H3,(H,79,82)(H,80,83)(H,81,103)(H,84,112)(H,85,100)(H,86,102)(H,87,104)(H,88,113)(H,89,105)(H,90,101)(H,91,108)(H,92,106)(H,93,110)(H,94,109)(H,95,107)(H,96,111)(H,114,115)/t42-,46-,47-,48-,49-,50-,51-,52-,53-,54-,55-,56-,57-,59-/m0/s1. The van der Waals surface area contributed by atoms with Gasteiger partial charge in [-0.2, -0.15) is 12.6 Å². The zero-order valence-electron chi connectivity index (χ0n) is 66.3. The van der Waals surface area contributed by atoms with Gasteiger partial charge in [0.05, 0.1) is 45.1 Å². The van der Waals surface area contributed by atoms with Crippen LogP contribution in [0.1, 0.15) is 135 Å². The van der Waals surface area contributed by atoms with E-state index in [1.54, 1.807) is 58.0 Å². The van der Waals surface area contributed by atoms with Crippen LogP contribution in [0.25, 0.3) is 0 Å². The summed E-state index contributed by atoms with van der Waals surface area (Å²) in [5.74, 6) is -15.8. The predicted octanol–water partition coefficient (Wildman–Crippen LogP) is -7.86. The molecule has 648 valence electrons. The molecule has 3 aromatic rings. The van der Waals surface area contributed by atoms with Crippen LogP contribution in [-0.4, -0.2) is 272 Å². The Morgan fingerprint density at radius 2 is 0.776 bits per heavy atom. The summed E-state index contributed by atoms with van der Waals surface area (Å²) >= 11 is 4.18. The Morgan fingerprint density at radius 3 is 1.22 bits per heavy atom. The number of carboxylic acid groups (broad SMARTS) is 1. The third-order valence-electron chi connectivity index (χ3n) is 18.2. The van der Waals surface area contributed by atoms with Gasteiger partial charge in [0.15, 0.2) is 0 Å². The number of nitrogens with two attached hydrogens (primary N) is 5. The maximum atomic E-state index is 14.4. The number of aromatic nitrogens is 4. The second kappa shape index (κ2) is 54.5. The van der Waals surface area contributed by atoms with Gasteiger partial charge in [0, 0.05) is 48.8 Å². The van der Waals surface area contributed by atoms with Crippen LogP contribution >= 0.6 is 12.6 Å². The topological polar surface area (TPSA) is 693 Å². The van der Waals surface area contributed by atoms with E-state index >= 15 is 0 Å². The molecule has 0 saturated carbocycles. The number of benzene rings is 1. The molecule has 0 bridgehead atoms. The maximum absolute atomic E-state index is 14.4. The van der Waals surface area contributed by atoms with Crippen LogP contribution in [0.15, 0.2) is 55.4 Å². The Morgan fingerprint density at radius 1 is 0.405 bits per heavy atom. The maximum Gasteiger partial charge on any atom is 0.326 e. The zero-order chi connectivity index (χ0) is 86.4. The van der Waals surface area contributed by atoms with Crippen molar-refractivity contribution in [1.82, 2.24) is 94.4 Å². The van der Waals surface area contributed by atoms with Crippen molar-refractivity contribution in [2.75, 3.05) is 58.3 Å². The number of carboxylic acids is 1. The number of aromatic amines is 2. The molecule has 14 atom stereocenters. The van der Waals surface area contributed by atoms with Gasteiger partial charge in [-0.3, -0.25) is 67.1 Å². The van der Waals surface area contributed by atoms with Crippen molar-refractivity contribution in [1.29, 1.82) is 0 Å². The van der Waals surface area contributed by atoms with Crippen molar-refractivity contribution in [2.24, 2.45) is 40.5 Å². The number of carbonyl (C=O) groups excluding carboxylic acids is 14. The van der Waals surface area contributed by atoms with Crippen LogP contribution in [0.3, 0.4) is 0 Å². The van der Waals surface area contributed by atoms with Crippen molar-refractivity contribution >= 4 is 101 Å². The number of aliphatic hydroxyl groups is 3. The monoisotopic (exact) mass is 1660 g/mol. The molecule has 116 heavy (non-hydrogen) atoms. The summed E-state index contributed by atoms with van der Waals surface area (Å²) in [4.78, 5) is 219. The third-order valence-corrected chi connectivity index (χ3v) is 18.6. The van der Waals surface area contributed by atoms with Crippen molar-refractivity contribution in [3.63, 3.8) is 0 Å². The lowest BCUT2D eigenvalue weighted by Gasteiger charge is -2.29. The highest BCUT2D eigenvalue weighted by Crippen LogP contribution is 2.14. The summed E-state index contributed by atoms with van der Waals surface area (Å²) in [7, 11) is 0. The molecule has 2 aromatic heterocycles. The zero-order valence-corrected chi connectivity index (χ0v) is 67.1. The van der Waals surface area contributed by atoms with E-state index in [0.29, 0.717) is 74.9 Å². The van der Waals surface area contributed by atoms with Crippen LogP contribution < -0.4 is 103 Å². The highest BCUT2D eigenvalue weighted by atomic mass is 32.1. The molecule has 0 aliphatic heterocycles. The van der Waals surface area contributed by atoms with Crippen LogP contribution in [0.2, 0.25) is 0 Å². The molecular formula is C73H121N23O19S. The summed E-state index contributed by atoms with van der Waals surface area (Å²) in [6.45, 7) is 4.87. The predicted molar refractivity (Wildman–Crippen MR) is 425 cm³/mol. The van der Waals surface area contributed by atoms with Gasteiger partial charge in [-0.15, -0.1) is 0 Å². The third kappa shape index (κ3) is 36.7. The van der Waals surface area contributed by atoms with Gasteiger partial charge in [0.25, 0.3) is 0 Å². The first-order valence-electron chi connectivity index (χ1n) is 38.7. The number of nitrogens with one attached hydrogen (secondary N) is 16. The Balaban J connectivity index is 1.71. The highest BCUT2D eigenvalue weighted by molar-refractivity contribution is 7.80. The summed E-state index contributed by atoms with van der Waals surface area (Å²) in [5.41, 5.74) is 30.3. The molecule has 3 rings (SSSR count). The van der Waals surface area contributed by atoms with E-state index in [2.05, 4.69) is 107 Å². The molecule has 0 aliphatic rings. The normalized spacial score (nSPS) is 14.9. The summed E-state index contributed by atoms with van der Waals surface area (Å²) in [6.07, 6.45) is 8.73. The number of thiol groups is 1. The second-order valence-electron chi connectivity index (χ2n) is 28.6. The Hall–Kier alpha value is -10.3. The number of imidazole rings is 2. The van der Waals surface area contributed by atoms with Crippen LogP contribution in [0, 0.1) is 11.8 Å². The van der Waals surface area contributed by atoms with E-state index in [0.717, 1.165) is 0 Å². The fraction of sp³-hybridized carbons (Fsp3) is 0.630. The van der Waals surface area contributed by atoms with Gasteiger partial charge in [0.1, 0.15) is 78.5 Å². The van der Waals surface area contributed by atoms with Crippen molar-refractivity contribution in [2.45, 2.75) is 222 Å².